The second-order valence-electron chi connectivity index (χ2n) is 15.0. The van der Waals surface area contributed by atoms with Crippen LogP contribution in [0.3, 0.4) is 0 Å². The van der Waals surface area contributed by atoms with Gasteiger partial charge >= 0.3 is 5.97 Å². The van der Waals surface area contributed by atoms with E-state index in [-0.39, 0.29) is 57.1 Å². The molecule has 0 aromatic rings. The first-order chi connectivity index (χ1) is 17.0. The van der Waals surface area contributed by atoms with Crippen LogP contribution >= 0.6 is 0 Å². The Bertz CT molecular complexity index is 1160. The standard InChI is InChI=1S/C32H44O5/c1-27(2)11-13-32(26(36)37-8)14-12-31(7)24(20(32)17-27)21(34)15-23-29(5)16-19(18-33)25(35)28(3,4)22(29)9-10-30(23,31)6/h15-16,18,20,22,24H,9-14,17H2,1-8H3/t20?,22-,24?,29-,30+,31+,32-/m0/s1. The number of hydrogen-bond acceptors (Lipinski definition) is 5. The molecule has 0 aromatic heterocycles. The molecule has 0 radical (unpaired) electrons. The summed E-state index contributed by atoms with van der Waals surface area (Å²) in [5.74, 6) is -0.407. The van der Waals surface area contributed by atoms with Gasteiger partial charge in [0.1, 0.15) is 0 Å². The Hall–Kier alpha value is -2.04. The van der Waals surface area contributed by atoms with Gasteiger partial charge in [-0.3, -0.25) is 19.2 Å². The maximum Gasteiger partial charge on any atom is 0.312 e. The number of Topliss-reactive ketones (excluding diaryl/α,β-unsaturated/α-hetero) is 1. The van der Waals surface area contributed by atoms with Crippen LogP contribution in [0.1, 0.15) is 93.4 Å². The van der Waals surface area contributed by atoms with Crippen LogP contribution in [0, 0.1) is 50.2 Å². The van der Waals surface area contributed by atoms with E-state index < -0.39 is 16.2 Å². The average Bonchev–Trinajstić information content (AvgIpc) is 2.82. The second-order valence-corrected chi connectivity index (χ2v) is 15.0. The monoisotopic (exact) mass is 508 g/mol. The van der Waals surface area contributed by atoms with Crippen molar-refractivity contribution in [3.05, 3.63) is 23.3 Å². The maximum atomic E-state index is 14.4. The van der Waals surface area contributed by atoms with Gasteiger partial charge < -0.3 is 4.74 Å². The average molecular weight is 509 g/mol. The molecular weight excluding hydrogens is 464 g/mol. The van der Waals surface area contributed by atoms with Crippen LogP contribution in [0.4, 0.5) is 0 Å². The first kappa shape index (κ1) is 26.6. The summed E-state index contributed by atoms with van der Waals surface area (Å²) >= 11 is 0. The molecule has 5 aliphatic rings. The van der Waals surface area contributed by atoms with E-state index in [2.05, 4.69) is 34.6 Å². The Morgan fingerprint density at radius 2 is 1.62 bits per heavy atom. The third kappa shape index (κ3) is 3.15. The SMILES string of the molecule is COC(=O)[C@]12CCC(C)(C)CC1C1C(=O)C=C3[C@@]4(C)C=C(C=O)C(=O)C(C)(C)[C@@H]4CC[C@@]3(C)[C@]1(C)CC2. The van der Waals surface area contributed by atoms with E-state index in [9.17, 15) is 19.2 Å². The van der Waals surface area contributed by atoms with Crippen LogP contribution in [0.5, 0.6) is 0 Å². The number of allylic oxidation sites excluding steroid dienone is 4. The topological polar surface area (TPSA) is 77.5 Å². The van der Waals surface area contributed by atoms with E-state index >= 15 is 0 Å². The molecule has 0 amide bonds. The van der Waals surface area contributed by atoms with Crippen molar-refractivity contribution in [2.75, 3.05) is 7.11 Å². The fraction of sp³-hybridized carbons (Fsp3) is 0.750. The molecule has 5 heteroatoms. The molecule has 0 N–H and O–H groups in total. The minimum atomic E-state index is -0.678. The number of rotatable bonds is 2. The van der Waals surface area contributed by atoms with E-state index in [1.165, 1.54) is 7.11 Å². The summed E-state index contributed by atoms with van der Waals surface area (Å²) in [5, 5.41) is 0. The zero-order valence-corrected chi connectivity index (χ0v) is 24.0. The number of fused-ring (bicyclic) bond motifs is 7. The molecule has 0 heterocycles. The molecule has 0 saturated heterocycles. The van der Waals surface area contributed by atoms with Gasteiger partial charge in [0.15, 0.2) is 17.9 Å². The van der Waals surface area contributed by atoms with Gasteiger partial charge in [0.25, 0.3) is 0 Å². The van der Waals surface area contributed by atoms with Crippen molar-refractivity contribution in [3.63, 3.8) is 0 Å². The van der Waals surface area contributed by atoms with Gasteiger partial charge in [-0.05, 0) is 79.1 Å². The van der Waals surface area contributed by atoms with Crippen molar-refractivity contribution in [2.24, 2.45) is 50.2 Å². The summed E-state index contributed by atoms with van der Waals surface area (Å²) in [7, 11) is 1.48. The van der Waals surface area contributed by atoms with Gasteiger partial charge in [-0.1, -0.05) is 60.1 Å². The van der Waals surface area contributed by atoms with Gasteiger partial charge in [-0.25, -0.2) is 0 Å². The Kier molecular flexibility index (Phi) is 5.57. The summed E-state index contributed by atoms with van der Waals surface area (Å²) < 4.78 is 5.40. The largest absolute Gasteiger partial charge is 0.469 e. The number of carbonyl (C=O) groups excluding carboxylic acids is 4. The van der Waals surface area contributed by atoms with Crippen LogP contribution in [0.15, 0.2) is 23.3 Å². The lowest BCUT2D eigenvalue weighted by Crippen LogP contribution is -2.65. The predicted molar refractivity (Wildman–Crippen MR) is 141 cm³/mol. The Morgan fingerprint density at radius 1 is 0.973 bits per heavy atom. The minimum absolute atomic E-state index is 0.0230. The van der Waals surface area contributed by atoms with Crippen LogP contribution in [-0.4, -0.2) is 30.9 Å². The third-order valence-corrected chi connectivity index (χ3v) is 12.5. The summed E-state index contributed by atoms with van der Waals surface area (Å²) in [4.78, 5) is 52.9. The molecule has 5 aliphatic carbocycles. The normalized spacial score (nSPS) is 45.8. The van der Waals surface area contributed by atoms with E-state index in [0.29, 0.717) is 6.29 Å². The van der Waals surface area contributed by atoms with Crippen molar-refractivity contribution in [2.45, 2.75) is 93.4 Å². The lowest BCUT2D eigenvalue weighted by molar-refractivity contribution is -0.191. The minimum Gasteiger partial charge on any atom is -0.469 e. The van der Waals surface area contributed by atoms with Gasteiger partial charge in [0, 0.05) is 16.7 Å². The second kappa shape index (κ2) is 7.76. The molecule has 5 rings (SSSR count). The molecule has 0 aromatic carbocycles. The van der Waals surface area contributed by atoms with Crippen molar-refractivity contribution in [1.29, 1.82) is 0 Å². The molecule has 7 atom stereocenters. The highest BCUT2D eigenvalue weighted by molar-refractivity contribution is 6.15. The number of ketones is 2. The van der Waals surface area contributed by atoms with Crippen LogP contribution in [-0.2, 0) is 23.9 Å². The molecule has 2 unspecified atom stereocenters. The maximum absolute atomic E-state index is 14.4. The summed E-state index contributed by atoms with van der Waals surface area (Å²) in [6.45, 7) is 15.2. The summed E-state index contributed by atoms with van der Waals surface area (Å²) in [6, 6.07) is 0. The molecule has 0 aliphatic heterocycles. The molecule has 0 bridgehead atoms. The fourth-order valence-corrected chi connectivity index (χ4v) is 10.2. The highest BCUT2D eigenvalue weighted by atomic mass is 16.5. The lowest BCUT2D eigenvalue weighted by atomic mass is 9.34. The van der Waals surface area contributed by atoms with Crippen molar-refractivity contribution in [1.82, 2.24) is 0 Å². The number of hydrogen-bond donors (Lipinski definition) is 0. The van der Waals surface area contributed by atoms with E-state index in [1.54, 1.807) is 0 Å². The number of methoxy groups -OCH3 is 1. The van der Waals surface area contributed by atoms with Gasteiger partial charge in [-0.2, -0.15) is 0 Å². The number of carbonyl (C=O) groups is 4. The highest BCUT2D eigenvalue weighted by Gasteiger charge is 2.71. The van der Waals surface area contributed by atoms with Crippen LogP contribution < -0.4 is 0 Å². The lowest BCUT2D eigenvalue weighted by Gasteiger charge is -2.68. The molecular formula is C32H44O5. The van der Waals surface area contributed by atoms with Gasteiger partial charge in [-0.15, -0.1) is 0 Å². The molecule has 5 nitrogen and oxygen atoms in total. The first-order valence-electron chi connectivity index (χ1n) is 14.1. The summed E-state index contributed by atoms with van der Waals surface area (Å²) in [5.41, 5.74) is -1.05. The zero-order chi connectivity index (χ0) is 27.4. The van der Waals surface area contributed by atoms with E-state index in [1.807, 2.05) is 26.0 Å². The molecule has 37 heavy (non-hydrogen) atoms. The van der Waals surface area contributed by atoms with Gasteiger partial charge in [0.2, 0.25) is 0 Å². The fourth-order valence-electron chi connectivity index (χ4n) is 10.2. The van der Waals surface area contributed by atoms with E-state index in [4.69, 9.17) is 4.74 Å². The predicted octanol–water partition coefficient (Wildman–Crippen LogP) is 6.05. The van der Waals surface area contributed by atoms with Gasteiger partial charge in [0.05, 0.1) is 18.1 Å². The smallest absolute Gasteiger partial charge is 0.312 e. The molecule has 202 valence electrons. The summed E-state index contributed by atoms with van der Waals surface area (Å²) in [6.07, 6.45) is 10.3. The van der Waals surface area contributed by atoms with E-state index in [0.717, 1.165) is 50.5 Å². The molecule has 3 saturated carbocycles. The van der Waals surface area contributed by atoms with Crippen molar-refractivity contribution >= 4 is 23.8 Å². The number of esters is 1. The third-order valence-electron chi connectivity index (χ3n) is 12.5. The molecule has 3 fully saturated rings. The quantitative estimate of drug-likeness (QED) is 0.258. The zero-order valence-electron chi connectivity index (χ0n) is 24.0. The van der Waals surface area contributed by atoms with Crippen LogP contribution in [0.25, 0.3) is 0 Å². The Balaban J connectivity index is 1.70. The van der Waals surface area contributed by atoms with Crippen molar-refractivity contribution < 1.29 is 23.9 Å². The Labute approximate surface area is 221 Å². The highest BCUT2D eigenvalue weighted by Crippen LogP contribution is 2.74. The van der Waals surface area contributed by atoms with Crippen LogP contribution in [0.2, 0.25) is 0 Å². The number of ether oxygens (including phenoxy) is 1. The first-order valence-corrected chi connectivity index (χ1v) is 14.1. The molecule has 0 spiro atoms. The van der Waals surface area contributed by atoms with Crippen molar-refractivity contribution in [3.8, 4) is 0 Å². The Morgan fingerprint density at radius 3 is 2.24 bits per heavy atom. The number of aldehydes is 1.